The summed E-state index contributed by atoms with van der Waals surface area (Å²) in [4.78, 5) is 11.7. The quantitative estimate of drug-likeness (QED) is 0.697. The number of hydrogen-bond acceptors (Lipinski definition) is 3. The summed E-state index contributed by atoms with van der Waals surface area (Å²) in [5.74, 6) is 0.359. The third-order valence-electron chi connectivity index (χ3n) is 2.10. The van der Waals surface area contributed by atoms with Gasteiger partial charge in [-0.05, 0) is 19.3 Å². The summed E-state index contributed by atoms with van der Waals surface area (Å²) in [6.07, 6.45) is 2.38. The molecule has 84 valence electrons. The molecule has 0 radical (unpaired) electrons. The topological polar surface area (TPSA) is 83.8 Å². The molecular weight excluding hydrogens is 192 g/mol. The van der Waals surface area contributed by atoms with Crippen molar-refractivity contribution in [1.82, 2.24) is 15.5 Å². The predicted molar refractivity (Wildman–Crippen MR) is 59.4 cm³/mol. The van der Waals surface area contributed by atoms with Crippen LogP contribution in [0.4, 0.5) is 5.69 Å². The first kappa shape index (κ1) is 11.6. The molecule has 0 aliphatic heterocycles. The first-order chi connectivity index (χ1) is 7.00. The molecule has 1 rings (SSSR count). The maximum Gasteiger partial charge on any atom is 0.271 e. The number of rotatable bonds is 4. The molecule has 0 bridgehead atoms. The molecule has 0 aromatic carbocycles. The van der Waals surface area contributed by atoms with E-state index in [1.807, 2.05) is 6.92 Å². The van der Waals surface area contributed by atoms with Gasteiger partial charge in [-0.1, -0.05) is 13.8 Å². The molecule has 1 unspecified atom stereocenters. The summed E-state index contributed by atoms with van der Waals surface area (Å²) in [5, 5.41) is 9.14. The molecule has 1 amide bonds. The van der Waals surface area contributed by atoms with Crippen LogP contribution in [0.2, 0.25) is 0 Å². The highest BCUT2D eigenvalue weighted by Gasteiger charge is 2.14. The number of H-pyrrole nitrogens is 1. The van der Waals surface area contributed by atoms with E-state index >= 15 is 0 Å². The molecule has 4 N–H and O–H groups in total. The zero-order valence-corrected chi connectivity index (χ0v) is 9.37. The Morgan fingerprint density at radius 1 is 1.60 bits per heavy atom. The Balaban J connectivity index is 2.53. The van der Waals surface area contributed by atoms with Gasteiger partial charge >= 0.3 is 0 Å². The van der Waals surface area contributed by atoms with Crippen LogP contribution in [0.25, 0.3) is 0 Å². The van der Waals surface area contributed by atoms with Crippen LogP contribution < -0.4 is 11.1 Å². The van der Waals surface area contributed by atoms with Crippen molar-refractivity contribution in [3.8, 4) is 0 Å². The van der Waals surface area contributed by atoms with Crippen molar-refractivity contribution in [2.75, 3.05) is 5.73 Å². The van der Waals surface area contributed by atoms with Crippen molar-refractivity contribution in [1.29, 1.82) is 0 Å². The molecule has 1 aromatic heterocycles. The fourth-order valence-corrected chi connectivity index (χ4v) is 1.54. The van der Waals surface area contributed by atoms with Gasteiger partial charge in [0.1, 0.15) is 5.69 Å². The Morgan fingerprint density at radius 2 is 2.27 bits per heavy atom. The smallest absolute Gasteiger partial charge is 0.271 e. The number of nitrogen functional groups attached to an aromatic ring is 1. The molecule has 0 aliphatic rings. The molecule has 0 saturated carbocycles. The number of nitrogens with zero attached hydrogens (tertiary/aromatic N) is 1. The molecule has 1 atom stereocenters. The second-order valence-corrected chi connectivity index (χ2v) is 4.20. The highest BCUT2D eigenvalue weighted by molar-refractivity contribution is 5.97. The molecular formula is C10H18N4O. The number of amides is 1. The largest absolute Gasteiger partial charge is 0.396 e. The molecule has 0 spiro atoms. The number of hydrogen-bond donors (Lipinski definition) is 3. The highest BCUT2D eigenvalue weighted by atomic mass is 16.2. The Kier molecular flexibility index (Phi) is 3.71. The fraction of sp³-hybridized carbons (Fsp3) is 0.600. The number of aromatic nitrogens is 2. The lowest BCUT2D eigenvalue weighted by molar-refractivity contribution is 0.0932. The second kappa shape index (κ2) is 4.82. The second-order valence-electron chi connectivity index (χ2n) is 4.20. The Morgan fingerprint density at radius 3 is 2.73 bits per heavy atom. The SMILES string of the molecule is CC(C)CC(C)NC(=O)c1[nH]ncc1N. The van der Waals surface area contributed by atoms with Gasteiger partial charge in [-0.2, -0.15) is 5.10 Å². The number of carbonyl (C=O) groups is 1. The molecule has 0 fully saturated rings. The van der Waals surface area contributed by atoms with E-state index in [1.54, 1.807) is 0 Å². The summed E-state index contributed by atoms with van der Waals surface area (Å²) in [6, 6.07) is 0.139. The highest BCUT2D eigenvalue weighted by Crippen LogP contribution is 2.08. The van der Waals surface area contributed by atoms with Gasteiger partial charge in [0.2, 0.25) is 0 Å². The zero-order chi connectivity index (χ0) is 11.4. The summed E-state index contributed by atoms with van der Waals surface area (Å²) in [5.41, 5.74) is 6.28. The van der Waals surface area contributed by atoms with Gasteiger partial charge in [0.05, 0.1) is 11.9 Å². The number of carbonyl (C=O) groups excluding carboxylic acids is 1. The minimum Gasteiger partial charge on any atom is -0.396 e. The normalized spacial score (nSPS) is 12.8. The van der Waals surface area contributed by atoms with Crippen molar-refractivity contribution in [2.24, 2.45) is 5.92 Å². The van der Waals surface area contributed by atoms with Crippen LogP contribution in [0.5, 0.6) is 0 Å². The van der Waals surface area contributed by atoms with E-state index in [4.69, 9.17) is 5.73 Å². The monoisotopic (exact) mass is 210 g/mol. The van der Waals surface area contributed by atoms with Crippen LogP contribution in [0.15, 0.2) is 6.20 Å². The third kappa shape index (κ3) is 3.27. The van der Waals surface area contributed by atoms with Crippen molar-refractivity contribution < 1.29 is 4.79 Å². The average Bonchev–Trinajstić information content (AvgIpc) is 2.49. The Hall–Kier alpha value is -1.52. The van der Waals surface area contributed by atoms with Crippen molar-refractivity contribution >= 4 is 11.6 Å². The van der Waals surface area contributed by atoms with E-state index in [-0.39, 0.29) is 11.9 Å². The van der Waals surface area contributed by atoms with E-state index < -0.39 is 0 Å². The number of anilines is 1. The third-order valence-corrected chi connectivity index (χ3v) is 2.10. The predicted octanol–water partition coefficient (Wildman–Crippen LogP) is 1.16. The summed E-state index contributed by atoms with van der Waals surface area (Å²) in [6.45, 7) is 6.21. The van der Waals surface area contributed by atoms with Crippen molar-refractivity contribution in [2.45, 2.75) is 33.2 Å². The van der Waals surface area contributed by atoms with Crippen LogP contribution in [0, 0.1) is 5.92 Å². The zero-order valence-electron chi connectivity index (χ0n) is 9.37. The Bertz CT molecular complexity index is 332. The fourth-order valence-electron chi connectivity index (χ4n) is 1.54. The van der Waals surface area contributed by atoms with Gasteiger partial charge in [-0.25, -0.2) is 0 Å². The molecule has 0 saturated heterocycles. The van der Waals surface area contributed by atoms with Gasteiger partial charge in [0.15, 0.2) is 0 Å². The van der Waals surface area contributed by atoms with Gasteiger partial charge in [0, 0.05) is 6.04 Å². The van der Waals surface area contributed by atoms with Crippen LogP contribution in [-0.4, -0.2) is 22.1 Å². The van der Waals surface area contributed by atoms with Crippen LogP contribution in [0.1, 0.15) is 37.7 Å². The lowest BCUT2D eigenvalue weighted by atomic mass is 10.1. The Labute approximate surface area is 89.4 Å². The number of aromatic amines is 1. The van der Waals surface area contributed by atoms with E-state index in [2.05, 4.69) is 29.4 Å². The molecule has 15 heavy (non-hydrogen) atoms. The molecule has 1 heterocycles. The van der Waals surface area contributed by atoms with Crippen molar-refractivity contribution in [3.63, 3.8) is 0 Å². The van der Waals surface area contributed by atoms with Gasteiger partial charge < -0.3 is 11.1 Å². The van der Waals surface area contributed by atoms with E-state index in [0.29, 0.717) is 17.3 Å². The van der Waals surface area contributed by atoms with Gasteiger partial charge in [-0.3, -0.25) is 9.89 Å². The van der Waals surface area contributed by atoms with Crippen LogP contribution in [0.3, 0.4) is 0 Å². The molecule has 5 heteroatoms. The van der Waals surface area contributed by atoms with E-state index in [1.165, 1.54) is 6.20 Å². The van der Waals surface area contributed by atoms with E-state index in [0.717, 1.165) is 6.42 Å². The standard InChI is InChI=1S/C10H18N4O/c1-6(2)4-7(3)13-10(15)9-8(11)5-12-14-9/h5-7H,4,11H2,1-3H3,(H,12,14)(H,13,15). The average molecular weight is 210 g/mol. The van der Waals surface area contributed by atoms with Crippen molar-refractivity contribution in [3.05, 3.63) is 11.9 Å². The minimum absolute atomic E-state index is 0.139. The maximum atomic E-state index is 11.7. The van der Waals surface area contributed by atoms with Crippen LogP contribution in [-0.2, 0) is 0 Å². The van der Waals surface area contributed by atoms with Gasteiger partial charge in [-0.15, -0.1) is 0 Å². The maximum absolute atomic E-state index is 11.7. The van der Waals surface area contributed by atoms with Gasteiger partial charge in [0.25, 0.3) is 5.91 Å². The first-order valence-electron chi connectivity index (χ1n) is 5.10. The lowest BCUT2D eigenvalue weighted by Crippen LogP contribution is -2.34. The molecule has 0 aliphatic carbocycles. The summed E-state index contributed by atoms with van der Waals surface area (Å²) >= 11 is 0. The van der Waals surface area contributed by atoms with E-state index in [9.17, 15) is 4.79 Å². The lowest BCUT2D eigenvalue weighted by Gasteiger charge is -2.15. The summed E-state index contributed by atoms with van der Waals surface area (Å²) < 4.78 is 0. The first-order valence-corrected chi connectivity index (χ1v) is 5.10. The van der Waals surface area contributed by atoms with Crippen LogP contribution >= 0.6 is 0 Å². The molecule has 1 aromatic rings. The minimum atomic E-state index is -0.196. The molecule has 5 nitrogen and oxygen atoms in total. The summed E-state index contributed by atoms with van der Waals surface area (Å²) in [7, 11) is 0. The number of nitrogens with one attached hydrogen (secondary N) is 2. The number of nitrogens with two attached hydrogens (primary N) is 1.